The van der Waals surface area contributed by atoms with Crippen molar-refractivity contribution in [1.82, 2.24) is 15.1 Å². The fraction of sp³-hybridized carbons (Fsp3) is 0.429. The lowest BCUT2D eigenvalue weighted by atomic mass is 9.89. The van der Waals surface area contributed by atoms with Crippen molar-refractivity contribution in [1.29, 1.82) is 0 Å². The second kappa shape index (κ2) is 8.82. The summed E-state index contributed by atoms with van der Waals surface area (Å²) in [5, 5.41) is 6.74. The predicted molar refractivity (Wildman–Crippen MR) is 103 cm³/mol. The van der Waals surface area contributed by atoms with Gasteiger partial charge in [0.05, 0.1) is 17.1 Å². The van der Waals surface area contributed by atoms with Crippen molar-refractivity contribution in [2.45, 2.75) is 46.0 Å². The second-order valence-electron chi connectivity index (χ2n) is 7.12. The monoisotopic (exact) mass is 383 g/mol. The van der Waals surface area contributed by atoms with Crippen LogP contribution in [0.25, 0.3) is 5.69 Å². The van der Waals surface area contributed by atoms with E-state index in [1.54, 1.807) is 18.5 Å². The van der Waals surface area contributed by atoms with E-state index in [9.17, 15) is 14.4 Å². The van der Waals surface area contributed by atoms with E-state index >= 15 is 0 Å². The van der Waals surface area contributed by atoms with E-state index in [1.807, 2.05) is 30.3 Å². The van der Waals surface area contributed by atoms with Crippen molar-refractivity contribution in [2.24, 2.45) is 5.92 Å². The number of benzene rings is 1. The van der Waals surface area contributed by atoms with Crippen LogP contribution < -0.4 is 5.32 Å². The average molecular weight is 383 g/mol. The molecular weight excluding hydrogens is 358 g/mol. The Morgan fingerprint density at radius 3 is 2.46 bits per heavy atom. The molecule has 1 aliphatic rings. The predicted octanol–water partition coefficient (Wildman–Crippen LogP) is 2.87. The zero-order valence-electron chi connectivity index (χ0n) is 16.2. The van der Waals surface area contributed by atoms with Crippen LogP contribution in [-0.4, -0.2) is 34.2 Å². The molecule has 2 amide bonds. The first kappa shape index (κ1) is 19.8. The molecule has 148 valence electrons. The highest BCUT2D eigenvalue weighted by atomic mass is 16.5. The Kier molecular flexibility index (Phi) is 6.23. The van der Waals surface area contributed by atoms with Crippen LogP contribution >= 0.6 is 0 Å². The first-order valence-corrected chi connectivity index (χ1v) is 9.60. The van der Waals surface area contributed by atoms with Crippen molar-refractivity contribution in [3.8, 4) is 5.69 Å². The first-order valence-electron chi connectivity index (χ1n) is 9.60. The molecule has 1 N–H and O–H groups in total. The second-order valence-corrected chi connectivity index (χ2v) is 7.12. The Morgan fingerprint density at radius 1 is 1.11 bits per heavy atom. The zero-order valence-corrected chi connectivity index (χ0v) is 16.2. The van der Waals surface area contributed by atoms with Crippen LogP contribution in [0, 0.1) is 19.8 Å². The summed E-state index contributed by atoms with van der Waals surface area (Å²) >= 11 is 0. The Labute approximate surface area is 164 Å². The number of imide groups is 1. The van der Waals surface area contributed by atoms with Crippen LogP contribution in [0.5, 0.6) is 0 Å². The van der Waals surface area contributed by atoms with Gasteiger partial charge in [0.25, 0.3) is 5.91 Å². The molecular formula is C21H25N3O4. The molecule has 1 aliphatic carbocycles. The van der Waals surface area contributed by atoms with Gasteiger partial charge < -0.3 is 4.74 Å². The van der Waals surface area contributed by atoms with Gasteiger partial charge in [-0.15, -0.1) is 0 Å². The number of esters is 1. The number of carbonyl (C=O) groups is 3. The highest BCUT2D eigenvalue weighted by Gasteiger charge is 2.24. The zero-order chi connectivity index (χ0) is 20.1. The number of nitrogens with one attached hydrogen (secondary N) is 1. The number of aryl methyl sites for hydroxylation is 1. The Hall–Kier alpha value is -2.96. The molecule has 0 aliphatic heterocycles. The Bertz CT molecular complexity index is 867. The minimum atomic E-state index is -0.627. The molecule has 2 aromatic rings. The molecule has 1 aromatic heterocycles. The molecule has 7 heteroatoms. The molecule has 0 bridgehead atoms. The summed E-state index contributed by atoms with van der Waals surface area (Å²) in [4.78, 5) is 36.6. The quantitative estimate of drug-likeness (QED) is 0.802. The van der Waals surface area contributed by atoms with E-state index in [2.05, 4.69) is 10.4 Å². The van der Waals surface area contributed by atoms with Crippen LogP contribution in [0.1, 0.15) is 53.8 Å². The molecule has 3 rings (SSSR count). The molecule has 28 heavy (non-hydrogen) atoms. The summed E-state index contributed by atoms with van der Waals surface area (Å²) < 4.78 is 6.80. The van der Waals surface area contributed by atoms with Gasteiger partial charge in [0.1, 0.15) is 5.56 Å². The average Bonchev–Trinajstić information content (AvgIpc) is 3.01. The fourth-order valence-electron chi connectivity index (χ4n) is 3.60. The maximum absolute atomic E-state index is 12.5. The topological polar surface area (TPSA) is 90.3 Å². The van der Waals surface area contributed by atoms with Gasteiger partial charge in [-0.1, -0.05) is 37.5 Å². The number of carbonyl (C=O) groups excluding carboxylic acids is 3. The number of amides is 2. The lowest BCUT2D eigenvalue weighted by molar-refractivity contribution is -0.135. The molecule has 0 atom stereocenters. The first-order chi connectivity index (χ1) is 13.5. The standard InChI is InChI=1S/C21H25N3O4/c1-14-19(15(2)24(23-14)17-11-7-4-8-12-17)21(27)28-13-18(25)22-20(26)16-9-5-3-6-10-16/h4,7-8,11-12,16H,3,5-6,9-10,13H2,1-2H3,(H,22,25,26). The SMILES string of the molecule is Cc1nn(-c2ccccc2)c(C)c1C(=O)OCC(=O)NC(=O)C1CCCCC1. The van der Waals surface area contributed by atoms with E-state index in [1.165, 1.54) is 0 Å². The third-order valence-electron chi connectivity index (χ3n) is 5.07. The Balaban J connectivity index is 1.60. The third kappa shape index (κ3) is 4.47. The number of hydrogen-bond acceptors (Lipinski definition) is 5. The van der Waals surface area contributed by atoms with Crippen molar-refractivity contribution < 1.29 is 19.1 Å². The van der Waals surface area contributed by atoms with E-state index in [4.69, 9.17) is 4.74 Å². The van der Waals surface area contributed by atoms with Gasteiger partial charge in [-0.05, 0) is 38.8 Å². The van der Waals surface area contributed by atoms with Crippen molar-refractivity contribution >= 4 is 17.8 Å². The van der Waals surface area contributed by atoms with Crippen LogP contribution in [0.15, 0.2) is 30.3 Å². The van der Waals surface area contributed by atoms with E-state index in [-0.39, 0.29) is 11.8 Å². The van der Waals surface area contributed by atoms with Gasteiger partial charge in [0.2, 0.25) is 5.91 Å². The van der Waals surface area contributed by atoms with Crippen LogP contribution in [0.2, 0.25) is 0 Å². The van der Waals surface area contributed by atoms with Gasteiger partial charge >= 0.3 is 5.97 Å². The summed E-state index contributed by atoms with van der Waals surface area (Å²) in [5.41, 5.74) is 2.31. The molecule has 0 saturated heterocycles. The van der Waals surface area contributed by atoms with Gasteiger partial charge in [0, 0.05) is 5.92 Å². The molecule has 1 aromatic carbocycles. The molecule has 0 radical (unpaired) electrons. The summed E-state index contributed by atoms with van der Waals surface area (Å²) in [7, 11) is 0. The van der Waals surface area contributed by atoms with Crippen LogP contribution in [0.4, 0.5) is 0 Å². The lowest BCUT2D eigenvalue weighted by Crippen LogP contribution is -2.38. The third-order valence-corrected chi connectivity index (χ3v) is 5.07. The van der Waals surface area contributed by atoms with E-state index in [0.29, 0.717) is 17.0 Å². The van der Waals surface area contributed by atoms with Gasteiger partial charge in [0.15, 0.2) is 6.61 Å². The van der Waals surface area contributed by atoms with E-state index < -0.39 is 18.5 Å². The summed E-state index contributed by atoms with van der Waals surface area (Å²) in [6.07, 6.45) is 4.74. The maximum atomic E-state index is 12.5. The van der Waals surface area contributed by atoms with Crippen molar-refractivity contribution in [3.63, 3.8) is 0 Å². The van der Waals surface area contributed by atoms with Crippen LogP contribution in [0.3, 0.4) is 0 Å². The highest BCUT2D eigenvalue weighted by Crippen LogP contribution is 2.23. The molecule has 0 unspecified atom stereocenters. The van der Waals surface area contributed by atoms with Gasteiger partial charge in [-0.2, -0.15) is 5.10 Å². The molecule has 7 nitrogen and oxygen atoms in total. The number of rotatable bonds is 5. The number of nitrogens with zero attached hydrogens (tertiary/aromatic N) is 2. The highest BCUT2D eigenvalue weighted by molar-refractivity contribution is 5.98. The normalized spacial score (nSPS) is 14.5. The number of para-hydroxylation sites is 1. The largest absolute Gasteiger partial charge is 0.452 e. The number of ether oxygens (including phenoxy) is 1. The summed E-state index contributed by atoms with van der Waals surface area (Å²) in [5.74, 6) is -1.63. The summed E-state index contributed by atoms with van der Waals surface area (Å²) in [6.45, 7) is 3.00. The molecule has 0 spiro atoms. The van der Waals surface area contributed by atoms with Gasteiger partial charge in [-0.25, -0.2) is 9.48 Å². The molecule has 1 heterocycles. The van der Waals surface area contributed by atoms with Crippen molar-refractivity contribution in [3.05, 3.63) is 47.3 Å². The maximum Gasteiger partial charge on any atom is 0.342 e. The van der Waals surface area contributed by atoms with Crippen LogP contribution in [-0.2, 0) is 14.3 Å². The minimum absolute atomic E-state index is 0.123. The smallest absolute Gasteiger partial charge is 0.342 e. The lowest BCUT2D eigenvalue weighted by Gasteiger charge is -2.20. The number of aromatic nitrogens is 2. The van der Waals surface area contributed by atoms with Gasteiger partial charge in [-0.3, -0.25) is 14.9 Å². The molecule has 1 fully saturated rings. The molecule has 1 saturated carbocycles. The van der Waals surface area contributed by atoms with E-state index in [0.717, 1.165) is 37.8 Å². The van der Waals surface area contributed by atoms with Crippen molar-refractivity contribution in [2.75, 3.05) is 6.61 Å². The Morgan fingerprint density at radius 2 is 1.79 bits per heavy atom. The summed E-state index contributed by atoms with van der Waals surface area (Å²) in [6, 6.07) is 9.45. The fourth-order valence-corrected chi connectivity index (χ4v) is 3.60. The minimum Gasteiger partial charge on any atom is -0.452 e. The number of hydrogen-bond donors (Lipinski definition) is 1.